The van der Waals surface area contributed by atoms with Crippen LogP contribution in [-0.4, -0.2) is 0 Å². The van der Waals surface area contributed by atoms with Crippen molar-refractivity contribution in [3.8, 4) is 0 Å². The zero-order valence-corrected chi connectivity index (χ0v) is 10.7. The van der Waals surface area contributed by atoms with E-state index < -0.39 is 0 Å². The molecule has 94 valence electrons. The van der Waals surface area contributed by atoms with Gasteiger partial charge in [0.15, 0.2) is 0 Å². The van der Waals surface area contributed by atoms with E-state index in [-0.39, 0.29) is 11.9 Å². The molecule has 0 aromatic heterocycles. The number of hydrogen-bond acceptors (Lipinski definition) is 1. The minimum atomic E-state index is -0.136. The first kappa shape index (κ1) is 12.6. The molecule has 0 bridgehead atoms. The third-order valence-electron chi connectivity index (χ3n) is 4.25. The van der Waals surface area contributed by atoms with E-state index in [2.05, 4.69) is 6.92 Å². The van der Waals surface area contributed by atoms with Gasteiger partial charge in [0.05, 0.1) is 0 Å². The Bertz CT molecular complexity index is 389. The Morgan fingerprint density at radius 2 is 2.18 bits per heavy atom. The highest BCUT2D eigenvalue weighted by atomic mass is 19.1. The molecule has 1 aliphatic carbocycles. The van der Waals surface area contributed by atoms with Gasteiger partial charge in [0.25, 0.3) is 0 Å². The van der Waals surface area contributed by atoms with Crippen LogP contribution in [-0.2, 0) is 0 Å². The van der Waals surface area contributed by atoms with Crippen LogP contribution in [0.1, 0.15) is 49.8 Å². The van der Waals surface area contributed by atoms with Crippen molar-refractivity contribution in [2.45, 2.75) is 45.6 Å². The van der Waals surface area contributed by atoms with Crippen LogP contribution >= 0.6 is 0 Å². The summed E-state index contributed by atoms with van der Waals surface area (Å²) in [6.07, 6.45) is 4.91. The zero-order chi connectivity index (χ0) is 12.4. The summed E-state index contributed by atoms with van der Waals surface area (Å²) in [6.45, 7) is 4.03. The molecule has 1 fully saturated rings. The summed E-state index contributed by atoms with van der Waals surface area (Å²) in [5.41, 5.74) is 7.92. The number of hydrogen-bond donors (Lipinski definition) is 1. The molecule has 2 rings (SSSR count). The van der Waals surface area contributed by atoms with E-state index in [9.17, 15) is 4.39 Å². The summed E-state index contributed by atoms with van der Waals surface area (Å²) in [5, 5.41) is 0. The normalized spacial score (nSPS) is 26.1. The van der Waals surface area contributed by atoms with Gasteiger partial charge in [-0.05, 0) is 48.8 Å². The van der Waals surface area contributed by atoms with Crippen molar-refractivity contribution in [2.24, 2.45) is 17.6 Å². The van der Waals surface area contributed by atoms with E-state index in [1.165, 1.54) is 25.7 Å². The second-order valence-electron chi connectivity index (χ2n) is 5.38. The van der Waals surface area contributed by atoms with Gasteiger partial charge >= 0.3 is 0 Å². The lowest BCUT2D eigenvalue weighted by Gasteiger charge is -2.20. The third-order valence-corrected chi connectivity index (χ3v) is 4.25. The second kappa shape index (κ2) is 5.18. The van der Waals surface area contributed by atoms with Crippen LogP contribution in [0.3, 0.4) is 0 Å². The maximum absolute atomic E-state index is 13.5. The van der Waals surface area contributed by atoms with E-state index in [1.807, 2.05) is 12.1 Å². The first-order chi connectivity index (χ1) is 8.11. The zero-order valence-electron chi connectivity index (χ0n) is 10.7. The molecule has 3 atom stereocenters. The molecule has 0 amide bonds. The maximum Gasteiger partial charge on any atom is 0.126 e. The predicted octanol–water partition coefficient (Wildman–Crippen LogP) is 3.96. The first-order valence-electron chi connectivity index (χ1n) is 6.63. The molecule has 1 nitrogen and oxygen atoms in total. The Labute approximate surface area is 103 Å². The minimum absolute atomic E-state index is 0.00153. The van der Waals surface area contributed by atoms with Gasteiger partial charge < -0.3 is 5.73 Å². The first-order valence-corrected chi connectivity index (χ1v) is 6.63. The Hall–Kier alpha value is -0.890. The van der Waals surface area contributed by atoms with E-state index in [0.717, 1.165) is 11.5 Å². The summed E-state index contributed by atoms with van der Waals surface area (Å²) < 4.78 is 13.5. The lowest BCUT2D eigenvalue weighted by molar-refractivity contribution is 0.415. The van der Waals surface area contributed by atoms with E-state index in [1.54, 1.807) is 13.0 Å². The molecule has 0 spiro atoms. The highest BCUT2D eigenvalue weighted by Gasteiger charge is 2.28. The molecule has 2 heteroatoms. The number of aryl methyl sites for hydroxylation is 1. The van der Waals surface area contributed by atoms with Gasteiger partial charge in [-0.1, -0.05) is 31.9 Å². The molecule has 1 saturated carbocycles. The van der Waals surface area contributed by atoms with Crippen molar-refractivity contribution < 1.29 is 4.39 Å². The summed E-state index contributed by atoms with van der Waals surface area (Å²) in [7, 11) is 0. The average Bonchev–Trinajstić information content (AvgIpc) is 2.80. The standard InChI is InChI=1S/C15H22FN/c1-3-11-5-7-12(8-11)15(17)13-6-4-10(2)14(16)9-13/h4,6,9,11-12,15H,3,5,7-8,17H2,1-2H3. The second-order valence-corrected chi connectivity index (χ2v) is 5.38. The molecule has 0 heterocycles. The lowest BCUT2D eigenvalue weighted by Crippen LogP contribution is -2.19. The summed E-state index contributed by atoms with van der Waals surface area (Å²) >= 11 is 0. The average molecular weight is 235 g/mol. The van der Waals surface area contributed by atoms with Gasteiger partial charge in [-0.3, -0.25) is 0 Å². The van der Waals surface area contributed by atoms with Gasteiger partial charge in [-0.2, -0.15) is 0 Å². The van der Waals surface area contributed by atoms with Crippen molar-refractivity contribution in [2.75, 3.05) is 0 Å². The van der Waals surface area contributed by atoms with E-state index >= 15 is 0 Å². The van der Waals surface area contributed by atoms with Crippen LogP contribution in [0.2, 0.25) is 0 Å². The summed E-state index contributed by atoms with van der Waals surface area (Å²) in [4.78, 5) is 0. The lowest BCUT2D eigenvalue weighted by atomic mass is 9.91. The van der Waals surface area contributed by atoms with Crippen molar-refractivity contribution in [1.82, 2.24) is 0 Å². The van der Waals surface area contributed by atoms with Crippen molar-refractivity contribution >= 4 is 0 Å². The molecule has 1 aromatic rings. The Morgan fingerprint density at radius 3 is 2.76 bits per heavy atom. The Kier molecular flexibility index (Phi) is 3.82. The molecule has 17 heavy (non-hydrogen) atoms. The SMILES string of the molecule is CCC1CCC(C(N)c2ccc(C)c(F)c2)C1. The molecular weight excluding hydrogens is 213 g/mol. The fraction of sp³-hybridized carbons (Fsp3) is 0.600. The molecule has 0 saturated heterocycles. The molecule has 1 aliphatic rings. The van der Waals surface area contributed by atoms with Crippen LogP contribution in [0, 0.1) is 24.6 Å². The Morgan fingerprint density at radius 1 is 1.41 bits per heavy atom. The number of nitrogens with two attached hydrogens (primary N) is 1. The quantitative estimate of drug-likeness (QED) is 0.843. The fourth-order valence-corrected chi connectivity index (χ4v) is 2.90. The predicted molar refractivity (Wildman–Crippen MR) is 69.2 cm³/mol. The van der Waals surface area contributed by atoms with E-state index in [0.29, 0.717) is 11.5 Å². The summed E-state index contributed by atoms with van der Waals surface area (Å²) in [5.74, 6) is 1.21. The smallest absolute Gasteiger partial charge is 0.126 e. The highest BCUT2D eigenvalue weighted by molar-refractivity contribution is 5.26. The van der Waals surface area contributed by atoms with Gasteiger partial charge in [-0.15, -0.1) is 0 Å². The number of benzene rings is 1. The number of rotatable bonds is 3. The minimum Gasteiger partial charge on any atom is -0.324 e. The van der Waals surface area contributed by atoms with Gasteiger partial charge in [0, 0.05) is 6.04 Å². The molecule has 1 aromatic carbocycles. The molecular formula is C15H22FN. The van der Waals surface area contributed by atoms with Gasteiger partial charge in [0.2, 0.25) is 0 Å². The van der Waals surface area contributed by atoms with Crippen LogP contribution in [0.15, 0.2) is 18.2 Å². The third kappa shape index (κ3) is 2.68. The topological polar surface area (TPSA) is 26.0 Å². The largest absolute Gasteiger partial charge is 0.324 e. The van der Waals surface area contributed by atoms with Crippen LogP contribution < -0.4 is 5.73 Å². The van der Waals surface area contributed by atoms with Gasteiger partial charge in [0.1, 0.15) is 5.82 Å². The molecule has 2 N–H and O–H groups in total. The monoisotopic (exact) mass is 235 g/mol. The molecule has 0 radical (unpaired) electrons. The van der Waals surface area contributed by atoms with Gasteiger partial charge in [-0.25, -0.2) is 4.39 Å². The maximum atomic E-state index is 13.5. The molecule has 3 unspecified atom stereocenters. The molecule has 0 aliphatic heterocycles. The van der Waals surface area contributed by atoms with Crippen LogP contribution in [0.4, 0.5) is 4.39 Å². The van der Waals surface area contributed by atoms with Crippen LogP contribution in [0.25, 0.3) is 0 Å². The van der Waals surface area contributed by atoms with Crippen molar-refractivity contribution in [1.29, 1.82) is 0 Å². The highest BCUT2D eigenvalue weighted by Crippen LogP contribution is 2.39. The Balaban J connectivity index is 2.09. The van der Waals surface area contributed by atoms with E-state index in [4.69, 9.17) is 5.73 Å². The van der Waals surface area contributed by atoms with Crippen molar-refractivity contribution in [3.05, 3.63) is 35.1 Å². The fourth-order valence-electron chi connectivity index (χ4n) is 2.90. The summed E-state index contributed by atoms with van der Waals surface area (Å²) in [6, 6.07) is 5.42. The van der Waals surface area contributed by atoms with Crippen LogP contribution in [0.5, 0.6) is 0 Å². The number of halogens is 1. The van der Waals surface area contributed by atoms with Crippen molar-refractivity contribution in [3.63, 3.8) is 0 Å².